The molecule has 4 rings (SSSR count). The molecule has 1 amide bonds. The number of halogens is 3. The van der Waals surface area contributed by atoms with Crippen LogP contribution in [0.1, 0.15) is 47.4 Å². The van der Waals surface area contributed by atoms with Crippen molar-refractivity contribution in [1.82, 2.24) is 4.98 Å². The number of aromatic amines is 1. The molecule has 8 heteroatoms. The molecule has 0 aliphatic carbocycles. The van der Waals surface area contributed by atoms with Crippen molar-refractivity contribution in [3.8, 4) is 5.75 Å². The van der Waals surface area contributed by atoms with E-state index < -0.39 is 23.3 Å². The zero-order valence-electron chi connectivity index (χ0n) is 17.8. The first kappa shape index (κ1) is 22.7. The predicted octanol–water partition coefficient (Wildman–Crippen LogP) is 4.87. The van der Waals surface area contributed by atoms with Crippen LogP contribution in [0.2, 0.25) is 0 Å². The number of carbonyl (C=O) groups is 1. The number of aliphatic hydroxyl groups is 1. The van der Waals surface area contributed by atoms with E-state index in [1.54, 1.807) is 24.3 Å². The third-order valence-electron chi connectivity index (χ3n) is 6.09. The van der Waals surface area contributed by atoms with Crippen LogP contribution in [0.25, 0.3) is 10.9 Å². The minimum absolute atomic E-state index is 0.175. The molecule has 0 bridgehead atoms. The number of hydrogen-bond acceptors (Lipinski definition) is 3. The second-order valence-corrected chi connectivity index (χ2v) is 10.1. The van der Waals surface area contributed by atoms with Gasteiger partial charge >= 0.3 is 0 Å². The molecular weight excluding hydrogens is 482 g/mol. The first-order chi connectivity index (χ1) is 15.0. The fourth-order valence-corrected chi connectivity index (χ4v) is 5.13. The number of alkyl halides is 2. The third-order valence-corrected chi connectivity index (χ3v) is 6.55. The van der Waals surface area contributed by atoms with Gasteiger partial charge in [-0.05, 0) is 53.8 Å². The van der Waals surface area contributed by atoms with Gasteiger partial charge in [0.15, 0.2) is 0 Å². The molecule has 1 aromatic heterocycles. The predicted molar refractivity (Wildman–Crippen MR) is 122 cm³/mol. The Morgan fingerprint density at radius 3 is 2.72 bits per heavy atom. The van der Waals surface area contributed by atoms with E-state index >= 15 is 0 Å². The highest BCUT2D eigenvalue weighted by Crippen LogP contribution is 2.44. The Bertz CT molecular complexity index is 1190. The first-order valence-corrected chi connectivity index (χ1v) is 11.2. The summed E-state index contributed by atoms with van der Waals surface area (Å²) in [6, 6.07) is 10.4. The fraction of sp³-hybridized carbons (Fsp3) is 0.375. The number of amides is 1. The van der Waals surface area contributed by atoms with E-state index in [0.717, 1.165) is 27.8 Å². The van der Waals surface area contributed by atoms with Crippen LogP contribution < -0.4 is 10.5 Å². The molecule has 0 radical (unpaired) electrons. The summed E-state index contributed by atoms with van der Waals surface area (Å²) in [5.74, 6) is 0.156. The normalized spacial score (nSPS) is 15.6. The van der Waals surface area contributed by atoms with E-state index in [9.17, 15) is 18.7 Å². The van der Waals surface area contributed by atoms with Crippen LogP contribution in [0.5, 0.6) is 5.75 Å². The quantitative estimate of drug-likeness (QED) is 0.427. The Morgan fingerprint density at radius 1 is 1.28 bits per heavy atom. The van der Waals surface area contributed by atoms with E-state index in [4.69, 9.17) is 10.5 Å². The topological polar surface area (TPSA) is 88.3 Å². The Hall–Kier alpha value is -2.45. The van der Waals surface area contributed by atoms with Crippen molar-refractivity contribution in [2.75, 3.05) is 6.61 Å². The lowest BCUT2D eigenvalue weighted by Gasteiger charge is -2.36. The summed E-state index contributed by atoms with van der Waals surface area (Å²) < 4.78 is 35.1. The van der Waals surface area contributed by atoms with Crippen LogP contribution in [0, 0.1) is 0 Å². The maximum absolute atomic E-state index is 14.2. The number of hydrogen-bond donors (Lipinski definition) is 3. The molecule has 0 spiro atoms. The van der Waals surface area contributed by atoms with Crippen LogP contribution in [0.3, 0.4) is 0 Å². The molecule has 1 unspecified atom stereocenters. The molecule has 1 atom stereocenters. The van der Waals surface area contributed by atoms with Gasteiger partial charge in [0.2, 0.25) is 5.91 Å². The van der Waals surface area contributed by atoms with Gasteiger partial charge in [-0.2, -0.15) is 0 Å². The number of benzene rings is 2. The van der Waals surface area contributed by atoms with E-state index in [0.29, 0.717) is 28.8 Å². The number of primary amides is 1. The van der Waals surface area contributed by atoms with Crippen molar-refractivity contribution < 1.29 is 23.4 Å². The van der Waals surface area contributed by atoms with E-state index in [2.05, 4.69) is 20.9 Å². The highest BCUT2D eigenvalue weighted by Gasteiger charge is 2.44. The zero-order valence-corrected chi connectivity index (χ0v) is 19.4. The Kier molecular flexibility index (Phi) is 5.79. The number of carbonyl (C=O) groups excluding carboxylic acids is 1. The highest BCUT2D eigenvalue weighted by atomic mass is 79.9. The summed E-state index contributed by atoms with van der Waals surface area (Å²) in [5, 5.41) is 11.8. The van der Waals surface area contributed by atoms with Crippen molar-refractivity contribution in [2.24, 2.45) is 5.73 Å². The molecule has 1 aliphatic heterocycles. The van der Waals surface area contributed by atoms with E-state index in [1.165, 1.54) is 0 Å². The van der Waals surface area contributed by atoms with Gasteiger partial charge in [-0.1, -0.05) is 29.8 Å². The van der Waals surface area contributed by atoms with Crippen LogP contribution in [0.4, 0.5) is 8.78 Å². The molecule has 0 saturated carbocycles. The van der Waals surface area contributed by atoms with Crippen molar-refractivity contribution in [1.29, 1.82) is 0 Å². The van der Waals surface area contributed by atoms with Gasteiger partial charge in [-0.25, -0.2) is 8.78 Å². The van der Waals surface area contributed by atoms with Gasteiger partial charge in [-0.15, -0.1) is 0 Å². The Balaban J connectivity index is 1.66. The number of H-pyrrole nitrogens is 1. The summed E-state index contributed by atoms with van der Waals surface area (Å²) in [7, 11) is 0. The number of nitrogens with one attached hydrogen (secondary N) is 1. The monoisotopic (exact) mass is 506 g/mol. The number of rotatable bonds is 7. The van der Waals surface area contributed by atoms with Crippen molar-refractivity contribution in [2.45, 2.75) is 50.6 Å². The molecular formula is C24H25BrF2N2O3. The lowest BCUT2D eigenvalue weighted by molar-refractivity contribution is -0.110. The number of nitrogens with two attached hydrogens (primary N) is 1. The molecule has 32 heavy (non-hydrogen) atoms. The molecule has 3 aromatic rings. The third kappa shape index (κ3) is 4.26. The number of aromatic nitrogens is 1. The fourth-order valence-electron chi connectivity index (χ4n) is 4.62. The van der Waals surface area contributed by atoms with E-state index in [1.807, 2.05) is 26.0 Å². The highest BCUT2D eigenvalue weighted by molar-refractivity contribution is 9.10. The van der Waals surface area contributed by atoms with Crippen molar-refractivity contribution >= 4 is 32.7 Å². The average Bonchev–Trinajstić information content (AvgIpc) is 3.31. The number of fused-ring (bicyclic) bond motifs is 2. The van der Waals surface area contributed by atoms with Gasteiger partial charge in [0, 0.05) is 45.0 Å². The lowest BCUT2D eigenvalue weighted by Crippen LogP contribution is -2.45. The Labute approximate surface area is 193 Å². The summed E-state index contributed by atoms with van der Waals surface area (Å²) in [5.41, 5.74) is 5.56. The smallest absolute Gasteiger partial charge is 0.267 e. The van der Waals surface area contributed by atoms with Gasteiger partial charge in [0.25, 0.3) is 6.43 Å². The van der Waals surface area contributed by atoms with Gasteiger partial charge < -0.3 is 20.6 Å². The standard InChI is InChI=1S/C24H25BrF2N2O3/c1-23(2,18-10-16(25)8-13-5-6-32-20(13)18)12-24(31,22(26)27)11-17-9-15-7-14(21(28)30)3-4-19(15)29-17/h3-4,7-10,22,29,31H,5-6,11-12H2,1-2H3,(H2,28,30). The summed E-state index contributed by atoms with van der Waals surface area (Å²) in [4.78, 5) is 14.5. The van der Waals surface area contributed by atoms with Gasteiger partial charge in [0.1, 0.15) is 11.4 Å². The summed E-state index contributed by atoms with van der Waals surface area (Å²) in [6.45, 7) is 4.24. The maximum Gasteiger partial charge on any atom is 0.267 e. The second kappa shape index (κ2) is 8.15. The maximum atomic E-state index is 14.2. The minimum atomic E-state index is -2.96. The molecule has 5 nitrogen and oxygen atoms in total. The van der Waals surface area contributed by atoms with Crippen LogP contribution in [-0.4, -0.2) is 34.6 Å². The van der Waals surface area contributed by atoms with Crippen molar-refractivity contribution in [3.63, 3.8) is 0 Å². The largest absolute Gasteiger partial charge is 0.493 e. The summed E-state index contributed by atoms with van der Waals surface area (Å²) >= 11 is 3.50. The molecule has 4 N–H and O–H groups in total. The first-order valence-electron chi connectivity index (χ1n) is 10.4. The minimum Gasteiger partial charge on any atom is -0.493 e. The zero-order chi connectivity index (χ0) is 23.3. The second-order valence-electron chi connectivity index (χ2n) is 9.14. The molecule has 170 valence electrons. The molecule has 0 fully saturated rings. The SMILES string of the molecule is CC(C)(CC(O)(Cc1cc2cc(C(N)=O)ccc2[nH]1)C(F)F)c1cc(Br)cc2c1OCC2. The molecule has 2 aromatic carbocycles. The van der Waals surface area contributed by atoms with E-state index in [-0.39, 0.29) is 12.8 Å². The van der Waals surface area contributed by atoms with Crippen LogP contribution >= 0.6 is 15.9 Å². The molecule has 0 saturated heterocycles. The van der Waals surface area contributed by atoms with Crippen LogP contribution in [-0.2, 0) is 18.3 Å². The lowest BCUT2D eigenvalue weighted by atomic mass is 9.73. The number of ether oxygens (including phenoxy) is 1. The van der Waals surface area contributed by atoms with Crippen molar-refractivity contribution in [3.05, 3.63) is 63.3 Å². The molecule has 1 aliphatic rings. The van der Waals surface area contributed by atoms with Crippen LogP contribution in [0.15, 0.2) is 40.9 Å². The molecule has 2 heterocycles. The Morgan fingerprint density at radius 2 is 2.03 bits per heavy atom. The van der Waals surface area contributed by atoms with Gasteiger partial charge in [-0.3, -0.25) is 4.79 Å². The van der Waals surface area contributed by atoms with Gasteiger partial charge in [0.05, 0.1) is 6.61 Å². The summed E-state index contributed by atoms with van der Waals surface area (Å²) in [6.07, 6.45) is -2.65. The average molecular weight is 507 g/mol.